The van der Waals surface area contributed by atoms with Gasteiger partial charge in [0.05, 0.1) is 29.7 Å². The number of hydrogen-bond acceptors (Lipinski definition) is 7. The van der Waals surface area contributed by atoms with Crippen molar-refractivity contribution in [1.29, 1.82) is 0 Å². The van der Waals surface area contributed by atoms with Crippen molar-refractivity contribution in [3.8, 4) is 0 Å². The number of amides is 4. The van der Waals surface area contributed by atoms with Crippen molar-refractivity contribution in [3.05, 3.63) is 59.4 Å². The molecule has 180 valence electrons. The van der Waals surface area contributed by atoms with Crippen molar-refractivity contribution < 1.29 is 33.1 Å². The Labute approximate surface area is 198 Å². The van der Waals surface area contributed by atoms with Crippen LogP contribution in [0.15, 0.2) is 42.5 Å². The molecule has 0 aromatic heterocycles. The molecule has 3 heterocycles. The first-order chi connectivity index (χ1) is 16.7. The largest absolute Gasteiger partial charge is 0.462 e. The molecule has 4 N–H and O–H groups in total. The van der Waals surface area contributed by atoms with Crippen LogP contribution >= 0.6 is 0 Å². The van der Waals surface area contributed by atoms with Crippen LogP contribution in [-0.2, 0) is 29.5 Å². The molecule has 2 aromatic carbocycles. The summed E-state index contributed by atoms with van der Waals surface area (Å²) >= 11 is 0. The van der Waals surface area contributed by atoms with Crippen molar-refractivity contribution in [1.82, 2.24) is 5.32 Å². The van der Waals surface area contributed by atoms with Gasteiger partial charge in [-0.15, -0.1) is 0 Å². The van der Waals surface area contributed by atoms with Crippen LogP contribution in [0.3, 0.4) is 0 Å². The highest BCUT2D eigenvalue weighted by Crippen LogP contribution is 2.54. The minimum atomic E-state index is -1.76. The highest BCUT2D eigenvalue weighted by Gasteiger charge is 2.70. The summed E-state index contributed by atoms with van der Waals surface area (Å²) < 4.78 is 19.2. The van der Waals surface area contributed by atoms with E-state index in [1.807, 2.05) is 0 Å². The fourth-order valence-electron chi connectivity index (χ4n) is 5.38. The van der Waals surface area contributed by atoms with Gasteiger partial charge in [-0.1, -0.05) is 0 Å². The van der Waals surface area contributed by atoms with Crippen LogP contribution < -0.4 is 21.3 Å². The second kappa shape index (κ2) is 7.98. The molecule has 4 atom stereocenters. The van der Waals surface area contributed by atoms with E-state index in [4.69, 9.17) is 10.5 Å². The molecule has 2 fully saturated rings. The number of ether oxygens (including phenoxy) is 1. The number of esters is 1. The van der Waals surface area contributed by atoms with Crippen molar-refractivity contribution >= 4 is 41.0 Å². The number of hydrogen-bond donors (Lipinski definition) is 3. The quantitative estimate of drug-likeness (QED) is 0.424. The Hall–Kier alpha value is -4.12. The number of fused-ring (bicyclic) bond motifs is 4. The molecule has 11 heteroatoms. The summed E-state index contributed by atoms with van der Waals surface area (Å²) in [5, 5.41) is 5.64. The third kappa shape index (κ3) is 3.22. The molecular weight excluding hydrogens is 459 g/mol. The van der Waals surface area contributed by atoms with E-state index in [9.17, 15) is 28.4 Å². The van der Waals surface area contributed by atoms with Gasteiger partial charge in [0.2, 0.25) is 23.6 Å². The molecule has 0 radical (unpaired) electrons. The number of nitrogens with zero attached hydrogens (tertiary/aromatic N) is 1. The van der Waals surface area contributed by atoms with Crippen LogP contribution in [0.2, 0.25) is 0 Å². The number of benzene rings is 2. The van der Waals surface area contributed by atoms with Gasteiger partial charge in [0, 0.05) is 23.7 Å². The fourth-order valence-corrected chi connectivity index (χ4v) is 5.38. The number of nitrogens with one attached hydrogen (secondary N) is 2. The minimum Gasteiger partial charge on any atom is -0.462 e. The third-order valence-electron chi connectivity index (χ3n) is 6.73. The van der Waals surface area contributed by atoms with Gasteiger partial charge in [0.1, 0.15) is 11.4 Å². The second-order valence-electron chi connectivity index (χ2n) is 8.66. The first kappa shape index (κ1) is 22.7. The van der Waals surface area contributed by atoms with Crippen molar-refractivity contribution in [2.45, 2.75) is 24.9 Å². The van der Waals surface area contributed by atoms with Crippen LogP contribution in [0.5, 0.6) is 0 Å². The molecule has 3 aliphatic heterocycles. The number of carbonyl (C=O) groups is 5. The standard InChI is InChI=1S/C24H21FN4O6/c1-2-35-22(33)11-3-6-13(7-4-11)29-20(31)18-16(10-17(26)30)28-24(19(18)21(29)32)14-9-12(25)5-8-15(14)27-23(24)34/h3-9,16,18-19,28H,2,10H2,1H3,(H2,26,30)(H,27,34)/t16-,18+,19-,24-/m1/s1. The lowest BCUT2D eigenvalue weighted by Crippen LogP contribution is -2.53. The van der Waals surface area contributed by atoms with Gasteiger partial charge in [-0.3, -0.25) is 24.5 Å². The van der Waals surface area contributed by atoms with E-state index in [0.717, 1.165) is 11.0 Å². The van der Waals surface area contributed by atoms with Crippen LogP contribution in [0.1, 0.15) is 29.3 Å². The fraction of sp³-hybridized carbons (Fsp3) is 0.292. The number of primary amides is 1. The number of nitrogens with two attached hydrogens (primary N) is 1. The smallest absolute Gasteiger partial charge is 0.338 e. The molecule has 10 nitrogen and oxygen atoms in total. The summed E-state index contributed by atoms with van der Waals surface area (Å²) in [5.74, 6) is -6.19. The van der Waals surface area contributed by atoms with Crippen LogP contribution in [0.25, 0.3) is 0 Å². The maximum Gasteiger partial charge on any atom is 0.338 e. The molecule has 4 amide bonds. The highest BCUT2D eigenvalue weighted by atomic mass is 19.1. The molecule has 3 aliphatic rings. The number of carbonyl (C=O) groups excluding carboxylic acids is 5. The van der Waals surface area contributed by atoms with E-state index in [1.54, 1.807) is 6.92 Å². The molecule has 1 spiro atoms. The molecular formula is C24H21FN4O6. The Morgan fingerprint density at radius 1 is 1.11 bits per heavy atom. The summed E-state index contributed by atoms with van der Waals surface area (Å²) in [5.41, 5.74) is 4.56. The van der Waals surface area contributed by atoms with E-state index < -0.39 is 58.8 Å². The lowest BCUT2D eigenvalue weighted by molar-refractivity contribution is -0.130. The van der Waals surface area contributed by atoms with Crippen LogP contribution in [0, 0.1) is 17.7 Å². The van der Waals surface area contributed by atoms with E-state index in [1.165, 1.54) is 36.4 Å². The molecule has 5 rings (SSSR count). The van der Waals surface area contributed by atoms with E-state index in [0.29, 0.717) is 5.69 Å². The summed E-state index contributed by atoms with van der Waals surface area (Å²) in [7, 11) is 0. The van der Waals surface area contributed by atoms with E-state index in [2.05, 4.69) is 10.6 Å². The molecule has 35 heavy (non-hydrogen) atoms. The third-order valence-corrected chi connectivity index (χ3v) is 6.73. The number of anilines is 2. The predicted molar refractivity (Wildman–Crippen MR) is 119 cm³/mol. The minimum absolute atomic E-state index is 0.185. The number of halogens is 1. The lowest BCUT2D eigenvalue weighted by Gasteiger charge is -2.29. The number of rotatable bonds is 5. The van der Waals surface area contributed by atoms with Gasteiger partial charge in [-0.05, 0) is 49.4 Å². The SMILES string of the molecule is CCOC(=O)c1ccc(N2C(=O)[C@H]3[C@@H](CC(N)=O)N[C@@]4(C(=O)Nc5ccc(F)cc54)[C@H]3C2=O)cc1. The van der Waals surface area contributed by atoms with Gasteiger partial charge in [0.15, 0.2) is 0 Å². The van der Waals surface area contributed by atoms with Gasteiger partial charge in [-0.2, -0.15) is 0 Å². The van der Waals surface area contributed by atoms with Crippen molar-refractivity contribution in [3.63, 3.8) is 0 Å². The first-order valence-electron chi connectivity index (χ1n) is 11.0. The van der Waals surface area contributed by atoms with Gasteiger partial charge in [-0.25, -0.2) is 14.1 Å². The lowest BCUT2D eigenvalue weighted by atomic mass is 9.76. The van der Waals surface area contributed by atoms with Gasteiger partial charge in [0.25, 0.3) is 0 Å². The zero-order valence-electron chi connectivity index (χ0n) is 18.5. The first-order valence-corrected chi connectivity index (χ1v) is 11.0. The maximum atomic E-state index is 14.2. The topological polar surface area (TPSA) is 148 Å². The van der Waals surface area contributed by atoms with Crippen molar-refractivity contribution in [2.75, 3.05) is 16.8 Å². The second-order valence-corrected chi connectivity index (χ2v) is 8.66. The number of imide groups is 1. The van der Waals surface area contributed by atoms with Gasteiger partial charge >= 0.3 is 5.97 Å². The average molecular weight is 480 g/mol. The summed E-state index contributed by atoms with van der Waals surface area (Å²) in [6.07, 6.45) is -0.310. The Bertz CT molecular complexity index is 1300. The Morgan fingerprint density at radius 2 is 1.83 bits per heavy atom. The zero-order valence-corrected chi connectivity index (χ0v) is 18.5. The predicted octanol–water partition coefficient (Wildman–Crippen LogP) is 0.803. The highest BCUT2D eigenvalue weighted by molar-refractivity contribution is 6.26. The maximum absolute atomic E-state index is 14.2. The average Bonchev–Trinajstić information content (AvgIpc) is 3.38. The van der Waals surface area contributed by atoms with Gasteiger partial charge < -0.3 is 15.8 Å². The monoisotopic (exact) mass is 480 g/mol. The molecule has 0 bridgehead atoms. The molecule has 2 aromatic rings. The Morgan fingerprint density at radius 3 is 2.49 bits per heavy atom. The molecule has 0 saturated carbocycles. The van der Waals surface area contributed by atoms with E-state index >= 15 is 0 Å². The molecule has 0 aliphatic carbocycles. The molecule has 2 saturated heterocycles. The molecule has 0 unspecified atom stereocenters. The van der Waals surface area contributed by atoms with Crippen LogP contribution in [0.4, 0.5) is 15.8 Å². The normalized spacial score (nSPS) is 26.6. The summed E-state index contributed by atoms with van der Waals surface area (Å²) in [4.78, 5) is 65.3. The summed E-state index contributed by atoms with van der Waals surface area (Å²) in [6.45, 7) is 1.86. The zero-order chi connectivity index (χ0) is 25.1. The van der Waals surface area contributed by atoms with E-state index in [-0.39, 0.29) is 29.8 Å². The van der Waals surface area contributed by atoms with Crippen LogP contribution in [-0.4, -0.2) is 42.2 Å². The Balaban J connectivity index is 1.59. The summed E-state index contributed by atoms with van der Waals surface area (Å²) in [6, 6.07) is 8.44. The van der Waals surface area contributed by atoms with Crippen molar-refractivity contribution in [2.24, 2.45) is 17.6 Å². The Kier molecular flexibility index (Phi) is 5.17.